The van der Waals surface area contributed by atoms with Crippen LogP contribution in [0.3, 0.4) is 0 Å². The first-order valence-corrected chi connectivity index (χ1v) is 4.74. The van der Waals surface area contributed by atoms with Crippen molar-refractivity contribution < 1.29 is 9.47 Å². The van der Waals surface area contributed by atoms with E-state index in [4.69, 9.17) is 14.7 Å². The predicted molar refractivity (Wildman–Crippen MR) is 51.3 cm³/mol. The zero-order valence-corrected chi connectivity index (χ0v) is 8.75. The summed E-state index contributed by atoms with van der Waals surface area (Å²) in [5, 5.41) is 8.22. The van der Waals surface area contributed by atoms with Gasteiger partial charge in [-0.3, -0.25) is 0 Å². The summed E-state index contributed by atoms with van der Waals surface area (Å²) >= 11 is 0. The molecule has 76 valence electrons. The summed E-state index contributed by atoms with van der Waals surface area (Å²) in [5.74, 6) is 0.541. The zero-order valence-electron chi connectivity index (χ0n) is 8.75. The summed E-state index contributed by atoms with van der Waals surface area (Å²) in [6.45, 7) is 8.02. The van der Waals surface area contributed by atoms with Gasteiger partial charge in [-0.05, 0) is 12.8 Å². The van der Waals surface area contributed by atoms with Gasteiger partial charge < -0.3 is 9.47 Å². The van der Waals surface area contributed by atoms with Crippen LogP contribution in [0.1, 0.15) is 27.2 Å². The van der Waals surface area contributed by atoms with E-state index in [0.717, 1.165) is 0 Å². The van der Waals surface area contributed by atoms with Crippen molar-refractivity contribution in [2.45, 2.75) is 33.3 Å². The minimum Gasteiger partial charge on any atom is -0.378 e. The number of ether oxygens (including phenoxy) is 2. The van der Waals surface area contributed by atoms with Gasteiger partial charge in [0, 0.05) is 0 Å². The largest absolute Gasteiger partial charge is 0.378 e. The first kappa shape index (κ1) is 12.4. The number of rotatable bonds is 7. The molecule has 0 bridgehead atoms. The highest BCUT2D eigenvalue weighted by atomic mass is 16.5. The Morgan fingerprint density at radius 1 is 1.15 bits per heavy atom. The summed E-state index contributed by atoms with van der Waals surface area (Å²) in [7, 11) is 0. The maximum atomic E-state index is 8.22. The fourth-order valence-corrected chi connectivity index (χ4v) is 0.705. The molecule has 0 aliphatic carbocycles. The maximum Gasteiger partial charge on any atom is 0.0704 e. The second-order valence-corrected chi connectivity index (χ2v) is 3.34. The highest BCUT2D eigenvalue weighted by Gasteiger charge is 2.05. The van der Waals surface area contributed by atoms with Crippen LogP contribution in [0.25, 0.3) is 0 Å². The molecular weight excluding hydrogens is 166 g/mol. The molecule has 0 aliphatic rings. The topological polar surface area (TPSA) is 42.2 Å². The van der Waals surface area contributed by atoms with Gasteiger partial charge in [0.1, 0.15) is 0 Å². The van der Waals surface area contributed by atoms with Crippen molar-refractivity contribution in [1.82, 2.24) is 0 Å². The van der Waals surface area contributed by atoms with Gasteiger partial charge in [-0.2, -0.15) is 5.26 Å². The van der Waals surface area contributed by atoms with E-state index in [9.17, 15) is 0 Å². The first-order valence-electron chi connectivity index (χ1n) is 4.74. The van der Waals surface area contributed by atoms with E-state index in [2.05, 4.69) is 20.8 Å². The Bertz CT molecular complexity index is 151. The number of hydrogen-bond donors (Lipinski definition) is 0. The monoisotopic (exact) mass is 185 g/mol. The van der Waals surface area contributed by atoms with Crippen LogP contribution in [0.5, 0.6) is 0 Å². The average molecular weight is 185 g/mol. The lowest BCUT2D eigenvalue weighted by atomic mass is 10.1. The predicted octanol–water partition coefficient (Wildman–Crippen LogP) is 1.98. The number of hydrogen-bond acceptors (Lipinski definition) is 3. The molecule has 3 nitrogen and oxygen atoms in total. The summed E-state index contributed by atoms with van der Waals surface area (Å²) in [5.41, 5.74) is 0. The third-order valence-corrected chi connectivity index (χ3v) is 1.91. The summed E-state index contributed by atoms with van der Waals surface area (Å²) < 4.78 is 10.6. The van der Waals surface area contributed by atoms with Crippen molar-refractivity contribution in [3.05, 3.63) is 0 Å². The molecule has 0 rings (SSSR count). The summed E-state index contributed by atoms with van der Waals surface area (Å²) in [6.07, 6.45) is 0.735. The van der Waals surface area contributed by atoms with Crippen LogP contribution in [-0.2, 0) is 9.47 Å². The third-order valence-electron chi connectivity index (χ3n) is 1.91. The molecular formula is C10H19NO2. The van der Waals surface area contributed by atoms with Gasteiger partial charge in [-0.1, -0.05) is 13.8 Å². The van der Waals surface area contributed by atoms with E-state index >= 15 is 0 Å². The van der Waals surface area contributed by atoms with Crippen molar-refractivity contribution in [2.24, 2.45) is 5.92 Å². The van der Waals surface area contributed by atoms with Gasteiger partial charge in [0.05, 0.1) is 38.4 Å². The smallest absolute Gasteiger partial charge is 0.0704 e. The van der Waals surface area contributed by atoms with Crippen LogP contribution in [0, 0.1) is 17.2 Å². The molecule has 13 heavy (non-hydrogen) atoms. The number of nitrogens with zero attached hydrogens (tertiary/aromatic N) is 1. The molecule has 0 aromatic carbocycles. The van der Waals surface area contributed by atoms with Crippen molar-refractivity contribution in [2.75, 3.05) is 19.8 Å². The third kappa shape index (κ3) is 7.76. The van der Waals surface area contributed by atoms with Crippen LogP contribution in [0.4, 0.5) is 0 Å². The Morgan fingerprint density at radius 3 is 2.38 bits per heavy atom. The SMILES string of the molecule is CC(C)C(C)OCCOCCC#N. The lowest BCUT2D eigenvalue weighted by Crippen LogP contribution is -2.18. The Kier molecular flexibility index (Phi) is 7.66. The molecule has 0 radical (unpaired) electrons. The number of nitriles is 1. The molecule has 0 N–H and O–H groups in total. The minimum atomic E-state index is 0.277. The molecule has 0 amide bonds. The van der Waals surface area contributed by atoms with Crippen molar-refractivity contribution in [3.63, 3.8) is 0 Å². The van der Waals surface area contributed by atoms with Crippen LogP contribution in [-0.4, -0.2) is 25.9 Å². The van der Waals surface area contributed by atoms with Gasteiger partial charge >= 0.3 is 0 Å². The zero-order chi connectivity index (χ0) is 10.1. The lowest BCUT2D eigenvalue weighted by Gasteiger charge is -2.16. The molecule has 0 aromatic rings. The van der Waals surface area contributed by atoms with Gasteiger partial charge in [-0.15, -0.1) is 0 Å². The second-order valence-electron chi connectivity index (χ2n) is 3.34. The van der Waals surface area contributed by atoms with Gasteiger partial charge in [0.2, 0.25) is 0 Å². The average Bonchev–Trinajstić information content (AvgIpc) is 2.10. The van der Waals surface area contributed by atoms with Gasteiger partial charge in [0.15, 0.2) is 0 Å². The standard InChI is InChI=1S/C10H19NO2/c1-9(2)10(3)13-8-7-12-6-4-5-11/h9-10H,4,6-8H2,1-3H3. The van der Waals surface area contributed by atoms with E-state index < -0.39 is 0 Å². The van der Waals surface area contributed by atoms with Crippen LogP contribution in [0.15, 0.2) is 0 Å². The Labute approximate surface area is 80.6 Å². The fourth-order valence-electron chi connectivity index (χ4n) is 0.705. The lowest BCUT2D eigenvalue weighted by molar-refractivity contribution is -0.00492. The first-order chi connectivity index (χ1) is 6.18. The summed E-state index contributed by atoms with van der Waals surface area (Å²) in [6, 6.07) is 2.02. The Balaban J connectivity index is 3.12. The highest BCUT2D eigenvalue weighted by molar-refractivity contribution is 4.67. The fraction of sp³-hybridized carbons (Fsp3) is 0.900. The maximum absolute atomic E-state index is 8.22. The quantitative estimate of drug-likeness (QED) is 0.569. The molecule has 0 saturated carbocycles. The summed E-state index contributed by atoms with van der Waals surface area (Å²) in [4.78, 5) is 0. The molecule has 1 atom stereocenters. The Morgan fingerprint density at radius 2 is 1.85 bits per heavy atom. The van der Waals surface area contributed by atoms with Crippen LogP contribution in [0.2, 0.25) is 0 Å². The molecule has 0 spiro atoms. The normalized spacial score (nSPS) is 12.8. The van der Waals surface area contributed by atoms with Crippen LogP contribution < -0.4 is 0 Å². The van der Waals surface area contributed by atoms with Crippen LogP contribution >= 0.6 is 0 Å². The minimum absolute atomic E-state index is 0.277. The van der Waals surface area contributed by atoms with Crippen molar-refractivity contribution in [1.29, 1.82) is 5.26 Å². The highest BCUT2D eigenvalue weighted by Crippen LogP contribution is 2.04. The molecule has 1 unspecified atom stereocenters. The van der Waals surface area contributed by atoms with E-state index in [0.29, 0.717) is 32.2 Å². The van der Waals surface area contributed by atoms with Crippen molar-refractivity contribution >= 4 is 0 Å². The molecule has 3 heteroatoms. The van der Waals surface area contributed by atoms with E-state index in [1.54, 1.807) is 0 Å². The van der Waals surface area contributed by atoms with Gasteiger partial charge in [-0.25, -0.2) is 0 Å². The molecule has 0 aliphatic heterocycles. The van der Waals surface area contributed by atoms with E-state index in [1.807, 2.05) is 6.07 Å². The molecule has 0 saturated heterocycles. The molecule has 0 heterocycles. The Hall–Kier alpha value is -0.590. The molecule has 0 fully saturated rings. The van der Waals surface area contributed by atoms with Crippen molar-refractivity contribution in [3.8, 4) is 6.07 Å². The second kappa shape index (κ2) is 8.03. The van der Waals surface area contributed by atoms with E-state index in [1.165, 1.54) is 0 Å². The molecule has 0 aromatic heterocycles. The van der Waals surface area contributed by atoms with Gasteiger partial charge in [0.25, 0.3) is 0 Å². The van der Waals surface area contributed by atoms with E-state index in [-0.39, 0.29) is 6.10 Å².